The summed E-state index contributed by atoms with van der Waals surface area (Å²) in [4.78, 5) is 24.7. The minimum atomic E-state index is -0.306. The molecule has 1 saturated heterocycles. The first kappa shape index (κ1) is 15.5. The van der Waals surface area contributed by atoms with E-state index in [1.54, 1.807) is 0 Å². The fourth-order valence-corrected chi connectivity index (χ4v) is 2.36. The second-order valence-electron chi connectivity index (χ2n) is 5.54. The number of imide groups is 1. The molecule has 114 valence electrons. The average molecular weight is 290 g/mol. The molecule has 2 rings (SSSR count). The van der Waals surface area contributed by atoms with Crippen LogP contribution >= 0.6 is 0 Å². The number of likely N-dealkylation sites (N-methyl/N-ethyl adjacent to an activating group) is 1. The summed E-state index contributed by atoms with van der Waals surface area (Å²) in [5.74, 6) is 0.558. The van der Waals surface area contributed by atoms with E-state index < -0.39 is 0 Å². The van der Waals surface area contributed by atoms with Crippen molar-refractivity contribution in [2.75, 3.05) is 7.05 Å². The van der Waals surface area contributed by atoms with Crippen molar-refractivity contribution in [2.45, 2.75) is 45.4 Å². The van der Waals surface area contributed by atoms with Gasteiger partial charge in [0.2, 0.25) is 11.8 Å². The lowest BCUT2D eigenvalue weighted by molar-refractivity contribution is -0.148. The highest BCUT2D eigenvalue weighted by Crippen LogP contribution is 2.20. The van der Waals surface area contributed by atoms with Gasteiger partial charge in [0.15, 0.2) is 0 Å². The van der Waals surface area contributed by atoms with E-state index >= 15 is 0 Å². The summed E-state index contributed by atoms with van der Waals surface area (Å²) in [5, 5.41) is 3.23. The zero-order valence-corrected chi connectivity index (χ0v) is 12.8. The van der Waals surface area contributed by atoms with E-state index in [4.69, 9.17) is 4.74 Å². The highest BCUT2D eigenvalue weighted by molar-refractivity contribution is 6.00. The van der Waals surface area contributed by atoms with Gasteiger partial charge in [-0.1, -0.05) is 18.2 Å². The SMILES string of the molecule is CC(C)Oc1ccccc1CNC1CCC(=O)N(C)C1=O. The summed E-state index contributed by atoms with van der Waals surface area (Å²) >= 11 is 0. The Balaban J connectivity index is 2.00. The molecule has 1 heterocycles. The number of carbonyl (C=O) groups is 2. The molecule has 0 bridgehead atoms. The van der Waals surface area contributed by atoms with Crippen LogP contribution in [0.5, 0.6) is 5.75 Å². The number of hydrogen-bond acceptors (Lipinski definition) is 4. The molecule has 21 heavy (non-hydrogen) atoms. The number of likely N-dealkylation sites (tertiary alicyclic amines) is 1. The van der Waals surface area contributed by atoms with Gasteiger partial charge in [0.25, 0.3) is 0 Å². The number of carbonyl (C=O) groups excluding carboxylic acids is 2. The molecule has 1 aromatic carbocycles. The lowest BCUT2D eigenvalue weighted by Gasteiger charge is -2.28. The van der Waals surface area contributed by atoms with Gasteiger partial charge in [0.1, 0.15) is 5.75 Å². The Morgan fingerprint density at radius 3 is 2.76 bits per heavy atom. The smallest absolute Gasteiger partial charge is 0.246 e. The van der Waals surface area contributed by atoms with Gasteiger partial charge in [-0.05, 0) is 26.3 Å². The van der Waals surface area contributed by atoms with Gasteiger partial charge in [-0.2, -0.15) is 0 Å². The Morgan fingerprint density at radius 1 is 1.33 bits per heavy atom. The number of rotatable bonds is 5. The third-order valence-electron chi connectivity index (χ3n) is 3.52. The number of ether oxygens (including phenoxy) is 1. The van der Waals surface area contributed by atoms with Gasteiger partial charge in [-0.25, -0.2) is 0 Å². The number of para-hydroxylation sites is 1. The molecule has 0 aliphatic carbocycles. The van der Waals surface area contributed by atoms with Crippen LogP contribution in [0.3, 0.4) is 0 Å². The van der Waals surface area contributed by atoms with Crippen molar-refractivity contribution in [2.24, 2.45) is 0 Å². The predicted molar refractivity (Wildman–Crippen MR) is 79.8 cm³/mol. The number of benzene rings is 1. The molecule has 1 atom stereocenters. The molecular formula is C16H22N2O3. The third-order valence-corrected chi connectivity index (χ3v) is 3.52. The van der Waals surface area contributed by atoms with Crippen LogP contribution in [0, 0.1) is 0 Å². The number of piperidine rings is 1. The van der Waals surface area contributed by atoms with Crippen molar-refractivity contribution in [3.05, 3.63) is 29.8 Å². The minimum absolute atomic E-state index is 0.103. The Kier molecular flexibility index (Phi) is 4.96. The van der Waals surface area contributed by atoms with Crippen LogP contribution in [0.1, 0.15) is 32.3 Å². The van der Waals surface area contributed by atoms with E-state index in [1.165, 1.54) is 11.9 Å². The minimum Gasteiger partial charge on any atom is -0.491 e. The maximum absolute atomic E-state index is 12.0. The summed E-state index contributed by atoms with van der Waals surface area (Å²) in [6, 6.07) is 7.48. The maximum Gasteiger partial charge on any atom is 0.246 e. The second-order valence-corrected chi connectivity index (χ2v) is 5.54. The van der Waals surface area contributed by atoms with E-state index in [1.807, 2.05) is 38.1 Å². The number of amides is 2. The van der Waals surface area contributed by atoms with Crippen LogP contribution in [0.4, 0.5) is 0 Å². The van der Waals surface area contributed by atoms with Crippen LogP contribution in [-0.4, -0.2) is 35.9 Å². The third kappa shape index (κ3) is 3.82. The molecule has 0 spiro atoms. The number of nitrogens with one attached hydrogen (secondary N) is 1. The maximum atomic E-state index is 12.0. The normalized spacial score (nSPS) is 19.2. The van der Waals surface area contributed by atoms with Crippen LogP contribution in [0.2, 0.25) is 0 Å². The first-order valence-corrected chi connectivity index (χ1v) is 7.27. The van der Waals surface area contributed by atoms with Crippen molar-refractivity contribution in [1.29, 1.82) is 0 Å². The summed E-state index contributed by atoms with van der Waals surface area (Å²) < 4.78 is 5.76. The van der Waals surface area contributed by atoms with Crippen LogP contribution in [-0.2, 0) is 16.1 Å². The van der Waals surface area contributed by atoms with Crippen LogP contribution in [0.15, 0.2) is 24.3 Å². The van der Waals surface area contributed by atoms with Crippen molar-refractivity contribution in [1.82, 2.24) is 10.2 Å². The van der Waals surface area contributed by atoms with E-state index in [0.29, 0.717) is 19.4 Å². The molecule has 0 radical (unpaired) electrons. The van der Waals surface area contributed by atoms with Crippen molar-refractivity contribution in [3.63, 3.8) is 0 Å². The summed E-state index contributed by atoms with van der Waals surface area (Å²) in [6.45, 7) is 4.51. The molecule has 1 aromatic rings. The second kappa shape index (κ2) is 6.72. The molecule has 1 N–H and O–H groups in total. The van der Waals surface area contributed by atoms with Gasteiger partial charge >= 0.3 is 0 Å². The fraction of sp³-hybridized carbons (Fsp3) is 0.500. The Labute approximate surface area is 125 Å². The van der Waals surface area contributed by atoms with Gasteiger partial charge < -0.3 is 10.1 Å². The Bertz CT molecular complexity index is 528. The highest BCUT2D eigenvalue weighted by atomic mass is 16.5. The van der Waals surface area contributed by atoms with Gasteiger partial charge in [0.05, 0.1) is 12.1 Å². The van der Waals surface area contributed by atoms with E-state index in [9.17, 15) is 9.59 Å². The van der Waals surface area contributed by atoms with E-state index in [2.05, 4.69) is 5.32 Å². The monoisotopic (exact) mass is 290 g/mol. The molecule has 1 fully saturated rings. The standard InChI is InChI=1S/C16H22N2O3/c1-11(2)21-14-7-5-4-6-12(14)10-17-13-8-9-15(19)18(3)16(13)20/h4-7,11,13,17H,8-10H2,1-3H3. The molecule has 5 heteroatoms. The summed E-state index contributed by atoms with van der Waals surface area (Å²) in [5.41, 5.74) is 1.01. The van der Waals surface area contributed by atoms with Gasteiger partial charge in [-0.3, -0.25) is 14.5 Å². The largest absolute Gasteiger partial charge is 0.491 e. The zero-order chi connectivity index (χ0) is 15.4. The first-order valence-electron chi connectivity index (χ1n) is 7.27. The van der Waals surface area contributed by atoms with Gasteiger partial charge in [0, 0.05) is 25.6 Å². The predicted octanol–water partition coefficient (Wildman–Crippen LogP) is 1.71. The molecule has 2 amide bonds. The van der Waals surface area contributed by atoms with Crippen molar-refractivity contribution < 1.29 is 14.3 Å². The molecule has 1 aliphatic rings. The Morgan fingerprint density at radius 2 is 2.05 bits per heavy atom. The first-order chi connectivity index (χ1) is 9.99. The average Bonchev–Trinajstić information content (AvgIpc) is 2.45. The van der Waals surface area contributed by atoms with Crippen molar-refractivity contribution >= 4 is 11.8 Å². The van der Waals surface area contributed by atoms with Crippen molar-refractivity contribution in [3.8, 4) is 5.75 Å². The van der Waals surface area contributed by atoms with Gasteiger partial charge in [-0.15, -0.1) is 0 Å². The number of nitrogens with zero attached hydrogens (tertiary/aromatic N) is 1. The molecule has 0 aromatic heterocycles. The fourth-order valence-electron chi connectivity index (χ4n) is 2.36. The molecule has 0 saturated carbocycles. The molecular weight excluding hydrogens is 268 g/mol. The lowest BCUT2D eigenvalue weighted by atomic mass is 10.0. The summed E-state index contributed by atoms with van der Waals surface area (Å²) in [7, 11) is 1.54. The Hall–Kier alpha value is -1.88. The zero-order valence-electron chi connectivity index (χ0n) is 12.8. The van der Waals surface area contributed by atoms with E-state index in [0.717, 1.165) is 11.3 Å². The van der Waals surface area contributed by atoms with E-state index in [-0.39, 0.29) is 24.0 Å². The quantitative estimate of drug-likeness (QED) is 0.839. The summed E-state index contributed by atoms with van der Waals surface area (Å²) in [6.07, 6.45) is 1.06. The molecule has 1 aliphatic heterocycles. The highest BCUT2D eigenvalue weighted by Gasteiger charge is 2.31. The van der Waals surface area contributed by atoms with Crippen LogP contribution in [0.25, 0.3) is 0 Å². The lowest BCUT2D eigenvalue weighted by Crippen LogP contribution is -2.51. The molecule has 1 unspecified atom stereocenters. The molecule has 5 nitrogen and oxygen atoms in total. The number of hydrogen-bond donors (Lipinski definition) is 1. The van der Waals surface area contributed by atoms with Crippen LogP contribution < -0.4 is 10.1 Å². The topological polar surface area (TPSA) is 58.6 Å².